The van der Waals surface area contributed by atoms with Crippen LogP contribution in [0.15, 0.2) is 82.2 Å². The van der Waals surface area contributed by atoms with Gasteiger partial charge in [0, 0.05) is 37.4 Å². The maximum atomic E-state index is 15.4. The zero-order valence-corrected chi connectivity index (χ0v) is 34.3. The maximum Gasteiger partial charge on any atom is 0.292 e. The molecule has 61 heavy (non-hydrogen) atoms. The fourth-order valence-electron chi connectivity index (χ4n) is 7.42. The average molecular weight is 887 g/mol. The molecular weight excluding hydrogens is 849 g/mol. The van der Waals surface area contributed by atoms with E-state index in [2.05, 4.69) is 31.8 Å². The summed E-state index contributed by atoms with van der Waals surface area (Å²) < 4.78 is 107. The topological polar surface area (TPSA) is 130 Å². The Morgan fingerprint density at radius 3 is 2.39 bits per heavy atom. The number of amides is 2. The third-order valence-electron chi connectivity index (χ3n) is 10.1. The first-order valence-corrected chi connectivity index (χ1v) is 20.1. The highest BCUT2D eigenvalue weighted by atomic mass is 35.5. The lowest BCUT2D eigenvalue weighted by molar-refractivity contribution is -0.122. The molecule has 0 saturated carbocycles. The molecule has 0 aliphatic heterocycles. The molecule has 320 valence electrons. The van der Waals surface area contributed by atoms with E-state index in [9.17, 15) is 26.7 Å². The van der Waals surface area contributed by atoms with Gasteiger partial charge in [-0.25, -0.2) is 22.0 Å². The van der Waals surface area contributed by atoms with E-state index in [0.29, 0.717) is 21.9 Å². The van der Waals surface area contributed by atoms with Crippen LogP contribution in [0.1, 0.15) is 51.8 Å². The van der Waals surface area contributed by atoms with Crippen molar-refractivity contribution in [2.75, 3.05) is 30.1 Å². The van der Waals surface area contributed by atoms with E-state index in [1.54, 1.807) is 18.4 Å². The van der Waals surface area contributed by atoms with Crippen LogP contribution in [0.4, 0.5) is 47.8 Å². The Kier molecular flexibility index (Phi) is 13.5. The highest BCUT2D eigenvalue weighted by Gasteiger charge is 2.51. The molecule has 1 aliphatic carbocycles. The molecule has 4 aromatic carbocycles. The average Bonchev–Trinajstić information content (AvgIpc) is 3.68. The summed E-state index contributed by atoms with van der Waals surface area (Å²) in [6.45, 7) is 3.40. The van der Waals surface area contributed by atoms with E-state index >= 15 is 13.6 Å². The largest absolute Gasteiger partial charge is 0.386 e. The number of hydrogen-bond acceptors (Lipinski definition) is 7. The Balaban J connectivity index is 1.47. The first kappa shape index (κ1) is 44.7. The number of anilines is 2. The molecule has 19 heteroatoms. The van der Waals surface area contributed by atoms with Gasteiger partial charge in [-0.05, 0) is 96.7 Å². The fourth-order valence-corrected chi connectivity index (χ4v) is 7.96. The molecule has 1 aromatic heterocycles. The summed E-state index contributed by atoms with van der Waals surface area (Å²) in [7, 11) is 1.53. The van der Waals surface area contributed by atoms with Crippen molar-refractivity contribution in [3.8, 4) is 11.1 Å². The molecule has 6 rings (SSSR count). The van der Waals surface area contributed by atoms with E-state index in [1.807, 2.05) is 0 Å². The Morgan fingerprint density at radius 1 is 1.05 bits per heavy atom. The number of amidine groups is 1. The number of fused-ring (bicyclic) bond motifs is 1. The number of nitrogens with one attached hydrogen (secondary N) is 2. The van der Waals surface area contributed by atoms with Gasteiger partial charge in [-0.1, -0.05) is 36.7 Å². The van der Waals surface area contributed by atoms with Gasteiger partial charge in [0.15, 0.2) is 0 Å². The molecule has 4 N–H and O–H groups in total. The maximum absolute atomic E-state index is 15.4. The summed E-state index contributed by atoms with van der Waals surface area (Å²) in [4.78, 5) is 34.2. The number of rotatable bonds is 15. The van der Waals surface area contributed by atoms with Crippen molar-refractivity contribution >= 4 is 65.0 Å². The van der Waals surface area contributed by atoms with Crippen molar-refractivity contribution in [1.29, 1.82) is 0 Å². The monoisotopic (exact) mass is 886 g/mol. The van der Waals surface area contributed by atoms with Gasteiger partial charge in [-0.3, -0.25) is 19.3 Å². The second-order valence-corrected chi connectivity index (χ2v) is 15.1. The van der Waals surface area contributed by atoms with Crippen molar-refractivity contribution < 1.29 is 40.3 Å². The summed E-state index contributed by atoms with van der Waals surface area (Å²) >= 11 is 7.66. The molecule has 2 amide bonds. The summed E-state index contributed by atoms with van der Waals surface area (Å²) in [6, 6.07) is 14.6. The van der Waals surface area contributed by atoms with Crippen LogP contribution in [-0.4, -0.2) is 60.0 Å². The number of carbonyl (C=O) groups is 2. The molecule has 0 fully saturated rings. The number of nitrogens with two attached hydrogens (primary N) is 1. The van der Waals surface area contributed by atoms with Crippen LogP contribution in [0.2, 0.25) is 5.02 Å². The molecule has 1 heterocycles. The zero-order chi connectivity index (χ0) is 44.3. The Hall–Kier alpha value is -5.88. The predicted molar refractivity (Wildman–Crippen MR) is 224 cm³/mol. The molecular formula is C42H38ClF7N8O2S. The van der Waals surface area contributed by atoms with Crippen molar-refractivity contribution in [3.05, 3.63) is 129 Å². The number of aromatic nitrogens is 2. The fraction of sp³-hybridized carbons (Fsp3) is 0.262. The van der Waals surface area contributed by atoms with Crippen LogP contribution in [0.25, 0.3) is 11.1 Å². The Labute approximate surface area is 355 Å². The SMILES string of the molecule is C=Nc1cc(-c2cccc(F)c2)ccc1C(=O)N(CC(Cc1cc(F)cc(F)c1)NC(=O)Cn1nc(C(F)F)c2c1C(F)(F)C(C)C2)c1ccc(Cl)c(C(N)=NSC)c1NC. The van der Waals surface area contributed by atoms with Gasteiger partial charge in [0.25, 0.3) is 18.3 Å². The number of halogens is 8. The van der Waals surface area contributed by atoms with Crippen molar-refractivity contribution in [2.24, 2.45) is 21.0 Å². The summed E-state index contributed by atoms with van der Waals surface area (Å²) in [5, 5.41) is 9.50. The number of benzene rings is 4. The number of alkyl halides is 4. The normalized spacial score (nSPS) is 15.1. The minimum absolute atomic E-state index is 0.0230. The number of nitrogens with zero attached hydrogens (tertiary/aromatic N) is 5. The van der Waals surface area contributed by atoms with Gasteiger partial charge in [0.05, 0.1) is 39.3 Å². The summed E-state index contributed by atoms with van der Waals surface area (Å²) in [5.41, 5.74) is 5.89. The van der Waals surface area contributed by atoms with Crippen molar-refractivity contribution in [2.45, 2.75) is 44.7 Å². The molecule has 0 radical (unpaired) electrons. The lowest BCUT2D eigenvalue weighted by atomic mass is 10.00. The van der Waals surface area contributed by atoms with Crippen LogP contribution < -0.4 is 21.3 Å². The second-order valence-electron chi connectivity index (χ2n) is 14.2. The van der Waals surface area contributed by atoms with Gasteiger partial charge < -0.3 is 21.3 Å². The van der Waals surface area contributed by atoms with Gasteiger partial charge in [0.1, 0.15) is 41.2 Å². The van der Waals surface area contributed by atoms with E-state index in [-0.39, 0.29) is 63.0 Å². The highest BCUT2D eigenvalue weighted by Crippen LogP contribution is 2.48. The van der Waals surface area contributed by atoms with Crippen LogP contribution in [0, 0.1) is 23.4 Å². The predicted octanol–water partition coefficient (Wildman–Crippen LogP) is 9.27. The quantitative estimate of drug-likeness (QED) is 0.0416. The molecule has 1 aliphatic rings. The first-order chi connectivity index (χ1) is 29.0. The molecule has 2 atom stereocenters. The molecule has 10 nitrogen and oxygen atoms in total. The number of hydrogen-bond donors (Lipinski definition) is 3. The lowest BCUT2D eigenvalue weighted by Gasteiger charge is -2.31. The van der Waals surface area contributed by atoms with E-state index in [1.165, 1.54) is 61.3 Å². The van der Waals surface area contributed by atoms with E-state index < -0.39 is 78.1 Å². The van der Waals surface area contributed by atoms with Crippen molar-refractivity contribution in [1.82, 2.24) is 15.1 Å². The highest BCUT2D eigenvalue weighted by molar-refractivity contribution is 7.97. The van der Waals surface area contributed by atoms with Crippen molar-refractivity contribution in [3.63, 3.8) is 0 Å². The first-order valence-electron chi connectivity index (χ1n) is 18.5. The van der Waals surface area contributed by atoms with E-state index in [0.717, 1.165) is 24.1 Å². The molecule has 0 saturated heterocycles. The van der Waals surface area contributed by atoms with Gasteiger partial charge in [-0.2, -0.15) is 18.3 Å². The van der Waals surface area contributed by atoms with Crippen LogP contribution in [-0.2, 0) is 30.1 Å². The smallest absolute Gasteiger partial charge is 0.292 e. The minimum atomic E-state index is -3.59. The molecule has 0 bridgehead atoms. The molecule has 2 unspecified atom stereocenters. The zero-order valence-electron chi connectivity index (χ0n) is 32.8. The minimum Gasteiger partial charge on any atom is -0.386 e. The van der Waals surface area contributed by atoms with Gasteiger partial charge in [-0.15, -0.1) is 0 Å². The number of aliphatic imine (C=N–C) groups is 1. The van der Waals surface area contributed by atoms with Crippen LogP contribution >= 0.6 is 23.5 Å². The third kappa shape index (κ3) is 9.39. The lowest BCUT2D eigenvalue weighted by Crippen LogP contribution is -2.48. The third-order valence-corrected chi connectivity index (χ3v) is 10.8. The van der Waals surface area contributed by atoms with Gasteiger partial charge in [0.2, 0.25) is 5.91 Å². The number of carbonyl (C=O) groups excluding carboxylic acids is 2. The van der Waals surface area contributed by atoms with Crippen LogP contribution in [0.5, 0.6) is 0 Å². The summed E-state index contributed by atoms with van der Waals surface area (Å²) in [5.74, 6) is -9.09. The Morgan fingerprint density at radius 2 is 1.75 bits per heavy atom. The molecule has 5 aromatic rings. The van der Waals surface area contributed by atoms with Crippen LogP contribution in [0.3, 0.4) is 0 Å². The summed E-state index contributed by atoms with van der Waals surface area (Å²) in [6.07, 6.45) is -2.27. The standard InChI is InChI=1S/C42H38ClF7N8O2S/c1-21-12-30-36(39(47)48)55-58(38(30)42(21,49)50)20-34(59)54-28(15-22-13-26(45)18-27(46)14-22)19-57(33-11-10-31(43)35(37(33)53-3)40(51)56-61-4)41(60)29-9-8-24(17-32(29)52-2)23-6-5-7-25(44)16-23/h5-11,13-14,16-18,21,28,39,53H,2,12,15,19-20H2,1,3-4H3,(H2,51,56)(H,54,59). The van der Waals surface area contributed by atoms with Gasteiger partial charge >= 0.3 is 0 Å². The second kappa shape index (κ2) is 18.4. The molecule has 0 spiro atoms. The van der Waals surface area contributed by atoms with E-state index in [4.69, 9.17) is 17.3 Å². The Bertz CT molecular complexity index is 2520.